The second-order valence-corrected chi connectivity index (χ2v) is 8.66. The third-order valence-electron chi connectivity index (χ3n) is 6.23. The molecular weight excluding hydrogens is 459 g/mol. The summed E-state index contributed by atoms with van der Waals surface area (Å²) in [5, 5.41) is 7.22. The van der Waals surface area contributed by atoms with Gasteiger partial charge in [-0.05, 0) is 61.4 Å². The molecule has 2 amide bonds. The largest absolute Gasteiger partial charge is 0.497 e. The number of amides is 2. The number of aryl methyl sites for hydroxylation is 1. The molecule has 1 N–H and O–H groups in total. The minimum atomic E-state index is -0.587. The Kier molecular flexibility index (Phi) is 6.25. The highest BCUT2D eigenvalue weighted by atomic mass is 19.1. The summed E-state index contributed by atoms with van der Waals surface area (Å²) in [4.78, 5) is 19.5. The van der Waals surface area contributed by atoms with Gasteiger partial charge in [-0.3, -0.25) is 4.90 Å². The second-order valence-electron chi connectivity index (χ2n) is 8.66. The molecule has 1 atom stereocenters. The van der Waals surface area contributed by atoms with Crippen molar-refractivity contribution in [3.63, 3.8) is 0 Å². The fourth-order valence-corrected chi connectivity index (χ4v) is 4.34. The molecule has 36 heavy (non-hydrogen) atoms. The zero-order valence-electron chi connectivity index (χ0n) is 20.2. The molecular formula is C28H25FN4O3. The number of halogens is 1. The van der Waals surface area contributed by atoms with Gasteiger partial charge in [0.15, 0.2) is 0 Å². The summed E-state index contributed by atoms with van der Waals surface area (Å²) in [6, 6.07) is 20.5. The van der Waals surface area contributed by atoms with E-state index in [1.807, 2.05) is 62.4 Å². The van der Waals surface area contributed by atoms with Crippen LogP contribution in [0.25, 0.3) is 17.0 Å². The molecule has 1 aromatic heterocycles. The molecule has 0 saturated carbocycles. The molecule has 7 nitrogen and oxygen atoms in total. The first kappa shape index (κ1) is 23.3. The fourth-order valence-electron chi connectivity index (χ4n) is 4.34. The van der Waals surface area contributed by atoms with E-state index in [0.717, 1.165) is 22.4 Å². The quantitative estimate of drug-likeness (QED) is 0.369. The van der Waals surface area contributed by atoms with Crippen LogP contribution in [0.4, 0.5) is 9.18 Å². The summed E-state index contributed by atoms with van der Waals surface area (Å²) in [5.41, 5.74) is 4.91. The maximum absolute atomic E-state index is 13.7. The Morgan fingerprint density at radius 3 is 2.50 bits per heavy atom. The minimum Gasteiger partial charge on any atom is -0.497 e. The van der Waals surface area contributed by atoms with Gasteiger partial charge in [0.05, 0.1) is 25.3 Å². The maximum atomic E-state index is 13.7. The topological polar surface area (TPSA) is 80.5 Å². The standard InChI is InChI=1S/C28H25FN4O3/c1-17-5-4-6-19(15-17)16-33-18(2)24(25(30-28(33)34)20-7-11-22(29)12-8-20)27-31-26(32-36-27)21-9-13-23(35-3)14-10-21/h4-15,25H,16H2,1-3H3,(H,30,34). The van der Waals surface area contributed by atoms with Crippen molar-refractivity contribution in [2.75, 3.05) is 7.11 Å². The SMILES string of the molecule is COc1ccc(-c2noc(C3=C(C)N(Cc4cccc(C)c4)C(=O)NC3c3ccc(F)cc3)n2)cc1. The zero-order chi connectivity index (χ0) is 25.2. The summed E-state index contributed by atoms with van der Waals surface area (Å²) in [5.74, 6) is 1.05. The number of rotatable bonds is 6. The van der Waals surface area contributed by atoms with Gasteiger partial charge in [0.1, 0.15) is 11.6 Å². The van der Waals surface area contributed by atoms with Crippen molar-refractivity contribution < 1.29 is 18.4 Å². The second kappa shape index (κ2) is 9.65. The monoisotopic (exact) mass is 484 g/mol. The van der Waals surface area contributed by atoms with Crippen LogP contribution in [-0.2, 0) is 6.54 Å². The molecule has 0 bridgehead atoms. The van der Waals surface area contributed by atoms with Crippen LogP contribution >= 0.6 is 0 Å². The lowest BCUT2D eigenvalue weighted by molar-refractivity contribution is 0.203. The molecule has 0 aliphatic carbocycles. The molecule has 182 valence electrons. The lowest BCUT2D eigenvalue weighted by Crippen LogP contribution is -2.45. The molecule has 5 rings (SSSR count). The number of urea groups is 1. The van der Waals surface area contributed by atoms with Gasteiger partial charge in [-0.25, -0.2) is 9.18 Å². The smallest absolute Gasteiger partial charge is 0.322 e. The van der Waals surface area contributed by atoms with Gasteiger partial charge < -0.3 is 14.6 Å². The zero-order valence-corrected chi connectivity index (χ0v) is 20.2. The van der Waals surface area contributed by atoms with Crippen LogP contribution in [-0.4, -0.2) is 28.2 Å². The Labute approximate surface area is 208 Å². The van der Waals surface area contributed by atoms with Crippen LogP contribution in [0, 0.1) is 12.7 Å². The number of hydrogen-bond acceptors (Lipinski definition) is 5. The van der Waals surface area contributed by atoms with Crippen molar-refractivity contribution in [3.8, 4) is 17.1 Å². The van der Waals surface area contributed by atoms with Crippen LogP contribution in [0.5, 0.6) is 5.75 Å². The highest BCUT2D eigenvalue weighted by Gasteiger charge is 2.35. The van der Waals surface area contributed by atoms with E-state index in [2.05, 4.69) is 15.5 Å². The molecule has 4 aromatic rings. The van der Waals surface area contributed by atoms with E-state index in [0.29, 0.717) is 29.2 Å². The predicted octanol–water partition coefficient (Wildman–Crippen LogP) is 5.89. The molecule has 0 radical (unpaired) electrons. The van der Waals surface area contributed by atoms with Crippen LogP contribution < -0.4 is 10.1 Å². The average Bonchev–Trinajstić information content (AvgIpc) is 3.36. The molecule has 2 heterocycles. The molecule has 1 aliphatic rings. The van der Waals surface area contributed by atoms with Crippen LogP contribution in [0.3, 0.4) is 0 Å². The van der Waals surface area contributed by atoms with E-state index in [1.54, 1.807) is 24.1 Å². The molecule has 1 aliphatic heterocycles. The number of benzene rings is 3. The fraction of sp³-hybridized carbons (Fsp3) is 0.179. The van der Waals surface area contributed by atoms with Gasteiger partial charge in [-0.2, -0.15) is 4.98 Å². The molecule has 0 fully saturated rings. The maximum Gasteiger partial charge on any atom is 0.322 e. The Hall–Kier alpha value is -4.46. The van der Waals surface area contributed by atoms with Crippen molar-refractivity contribution >= 4 is 11.6 Å². The number of methoxy groups -OCH3 is 1. The average molecular weight is 485 g/mol. The molecule has 0 spiro atoms. The Bertz CT molecular complexity index is 1430. The van der Waals surface area contributed by atoms with Crippen molar-refractivity contribution in [3.05, 3.63) is 107 Å². The Morgan fingerprint density at radius 1 is 1.06 bits per heavy atom. The van der Waals surface area contributed by atoms with Crippen LogP contribution in [0.15, 0.2) is 83.0 Å². The van der Waals surface area contributed by atoms with Gasteiger partial charge in [0.25, 0.3) is 5.89 Å². The number of hydrogen-bond donors (Lipinski definition) is 1. The van der Waals surface area contributed by atoms with Gasteiger partial charge >= 0.3 is 6.03 Å². The summed E-state index contributed by atoms with van der Waals surface area (Å²) in [6.45, 7) is 4.24. The van der Waals surface area contributed by atoms with E-state index in [9.17, 15) is 9.18 Å². The Morgan fingerprint density at radius 2 is 1.81 bits per heavy atom. The first-order chi connectivity index (χ1) is 17.4. The highest BCUT2D eigenvalue weighted by Crippen LogP contribution is 2.38. The van der Waals surface area contributed by atoms with Crippen molar-refractivity contribution in [2.24, 2.45) is 0 Å². The van der Waals surface area contributed by atoms with Gasteiger partial charge in [-0.1, -0.05) is 47.1 Å². The molecule has 0 saturated heterocycles. The third-order valence-corrected chi connectivity index (χ3v) is 6.23. The summed E-state index contributed by atoms with van der Waals surface area (Å²) < 4.78 is 24.6. The summed E-state index contributed by atoms with van der Waals surface area (Å²) >= 11 is 0. The minimum absolute atomic E-state index is 0.262. The molecule has 8 heteroatoms. The van der Waals surface area contributed by atoms with E-state index >= 15 is 0 Å². The first-order valence-corrected chi connectivity index (χ1v) is 11.5. The number of aromatic nitrogens is 2. The lowest BCUT2D eigenvalue weighted by Gasteiger charge is -2.35. The number of carbonyl (C=O) groups excluding carboxylic acids is 1. The Balaban J connectivity index is 1.58. The van der Waals surface area contributed by atoms with Gasteiger partial charge in [0.2, 0.25) is 5.82 Å². The predicted molar refractivity (Wildman–Crippen MR) is 133 cm³/mol. The normalized spacial score (nSPS) is 15.7. The molecule has 3 aromatic carbocycles. The molecule has 1 unspecified atom stereocenters. The van der Waals surface area contributed by atoms with Crippen LogP contribution in [0.2, 0.25) is 0 Å². The van der Waals surface area contributed by atoms with Crippen LogP contribution in [0.1, 0.15) is 35.5 Å². The van der Waals surface area contributed by atoms with Crippen molar-refractivity contribution in [2.45, 2.75) is 26.4 Å². The van der Waals surface area contributed by atoms with E-state index < -0.39 is 6.04 Å². The van der Waals surface area contributed by atoms with Gasteiger partial charge in [-0.15, -0.1) is 0 Å². The van der Waals surface area contributed by atoms with Crippen molar-refractivity contribution in [1.29, 1.82) is 0 Å². The summed E-state index contributed by atoms with van der Waals surface area (Å²) in [7, 11) is 1.60. The number of ether oxygens (including phenoxy) is 1. The lowest BCUT2D eigenvalue weighted by atomic mass is 9.94. The first-order valence-electron chi connectivity index (χ1n) is 11.5. The van der Waals surface area contributed by atoms with Gasteiger partial charge in [0, 0.05) is 11.3 Å². The number of nitrogens with one attached hydrogen (secondary N) is 1. The third kappa shape index (κ3) is 4.57. The summed E-state index contributed by atoms with van der Waals surface area (Å²) in [6.07, 6.45) is 0. The van der Waals surface area contributed by atoms with E-state index in [4.69, 9.17) is 9.26 Å². The number of allylic oxidation sites excluding steroid dienone is 1. The van der Waals surface area contributed by atoms with Crippen molar-refractivity contribution in [1.82, 2.24) is 20.4 Å². The van der Waals surface area contributed by atoms with E-state index in [1.165, 1.54) is 12.1 Å². The van der Waals surface area contributed by atoms with E-state index in [-0.39, 0.29) is 17.7 Å². The number of carbonyl (C=O) groups is 1. The highest BCUT2D eigenvalue weighted by molar-refractivity contribution is 5.86. The number of nitrogens with zero attached hydrogens (tertiary/aromatic N) is 3.